The summed E-state index contributed by atoms with van der Waals surface area (Å²) in [6.07, 6.45) is 0. The molecule has 1 N–H and O–H groups in total. The van der Waals surface area contributed by atoms with Crippen molar-refractivity contribution in [2.75, 3.05) is 7.11 Å². The maximum absolute atomic E-state index is 12.4. The largest absolute Gasteiger partial charge is 0.495 e. The topological polar surface area (TPSA) is 89.5 Å². The third-order valence-electron chi connectivity index (χ3n) is 3.16. The Labute approximate surface area is 136 Å². The Kier molecular flexibility index (Phi) is 4.79. The highest BCUT2D eigenvalue weighted by molar-refractivity contribution is 8.04. The number of aryl methyl sites for hydroxylation is 2. The Bertz CT molecular complexity index is 917. The molecule has 0 fully saturated rings. The van der Waals surface area contributed by atoms with E-state index in [2.05, 4.69) is 0 Å². The molecule has 23 heavy (non-hydrogen) atoms. The summed E-state index contributed by atoms with van der Waals surface area (Å²) in [6.45, 7) is 3.58. The monoisotopic (exact) mass is 355 g/mol. The van der Waals surface area contributed by atoms with Gasteiger partial charge in [-0.2, -0.15) is 0 Å². The van der Waals surface area contributed by atoms with Gasteiger partial charge in [-0.1, -0.05) is 23.8 Å². The van der Waals surface area contributed by atoms with Crippen molar-refractivity contribution in [2.24, 2.45) is 0 Å². The summed E-state index contributed by atoms with van der Waals surface area (Å²) in [5, 5.41) is 0. The average molecular weight is 355 g/mol. The van der Waals surface area contributed by atoms with Gasteiger partial charge >= 0.3 is 0 Å². The zero-order valence-electron chi connectivity index (χ0n) is 12.9. The first kappa shape index (κ1) is 17.5. The molecule has 0 unspecified atom stereocenters. The van der Waals surface area contributed by atoms with Gasteiger partial charge in [0.15, 0.2) is 0 Å². The van der Waals surface area contributed by atoms with Crippen molar-refractivity contribution in [1.29, 1.82) is 0 Å². The van der Waals surface area contributed by atoms with Crippen LogP contribution in [0.1, 0.15) is 11.1 Å². The van der Waals surface area contributed by atoms with Crippen LogP contribution >= 0.6 is 0 Å². The Morgan fingerprint density at radius 2 is 1.39 bits per heavy atom. The first-order chi connectivity index (χ1) is 10.7. The fourth-order valence-corrected chi connectivity index (χ4v) is 5.00. The van der Waals surface area contributed by atoms with Gasteiger partial charge in [0.1, 0.15) is 10.6 Å². The molecule has 0 aliphatic heterocycles. The predicted molar refractivity (Wildman–Crippen MR) is 86.4 cm³/mol. The lowest BCUT2D eigenvalue weighted by Crippen LogP contribution is -2.31. The Morgan fingerprint density at radius 3 is 1.96 bits per heavy atom. The molecule has 0 aliphatic carbocycles. The fourth-order valence-electron chi connectivity index (χ4n) is 1.95. The van der Waals surface area contributed by atoms with Gasteiger partial charge < -0.3 is 4.74 Å². The van der Waals surface area contributed by atoms with Crippen molar-refractivity contribution in [3.05, 3.63) is 53.6 Å². The van der Waals surface area contributed by atoms with Gasteiger partial charge in [0.2, 0.25) is 0 Å². The number of sulfonamides is 2. The smallest absolute Gasteiger partial charge is 0.257 e. The van der Waals surface area contributed by atoms with Crippen LogP contribution in [-0.2, 0) is 20.0 Å². The van der Waals surface area contributed by atoms with Crippen molar-refractivity contribution in [2.45, 2.75) is 23.6 Å². The van der Waals surface area contributed by atoms with Crippen molar-refractivity contribution >= 4 is 20.0 Å². The highest BCUT2D eigenvalue weighted by atomic mass is 32.3. The first-order valence-electron chi connectivity index (χ1n) is 6.65. The molecule has 0 radical (unpaired) electrons. The van der Waals surface area contributed by atoms with Gasteiger partial charge in [-0.05, 0) is 43.7 Å². The predicted octanol–water partition coefficient (Wildman–Crippen LogP) is 1.98. The first-order valence-corrected chi connectivity index (χ1v) is 9.62. The molecule has 0 atom stereocenters. The van der Waals surface area contributed by atoms with E-state index in [1.54, 1.807) is 36.2 Å². The minimum atomic E-state index is -4.30. The molecule has 0 saturated carbocycles. The van der Waals surface area contributed by atoms with Gasteiger partial charge in [0, 0.05) is 0 Å². The average Bonchev–Trinajstić information content (AvgIpc) is 2.46. The Balaban J connectivity index is 2.43. The maximum atomic E-state index is 12.4. The fraction of sp³-hybridized carbons (Fsp3) is 0.200. The van der Waals surface area contributed by atoms with Crippen LogP contribution in [0.5, 0.6) is 5.75 Å². The van der Waals surface area contributed by atoms with Crippen LogP contribution in [0.25, 0.3) is 0 Å². The molecule has 2 aromatic carbocycles. The molecule has 124 valence electrons. The molecule has 0 aromatic heterocycles. The third-order valence-corrected chi connectivity index (χ3v) is 6.72. The summed E-state index contributed by atoms with van der Waals surface area (Å²) in [5.74, 6) is 0.0802. The standard InChI is InChI=1S/C15H17NO5S2/c1-11-4-7-13(8-5-11)22(17,18)16-23(19,20)15-9-6-12(2)10-14(15)21-3/h4-10,16H,1-3H3. The van der Waals surface area contributed by atoms with E-state index in [9.17, 15) is 16.8 Å². The Morgan fingerprint density at radius 1 is 0.826 bits per heavy atom. The number of hydrogen-bond acceptors (Lipinski definition) is 5. The zero-order chi connectivity index (χ0) is 17.3. The molecule has 2 rings (SSSR count). The molecule has 6 nitrogen and oxygen atoms in total. The van der Waals surface area contributed by atoms with Crippen LogP contribution in [0.2, 0.25) is 0 Å². The second kappa shape index (κ2) is 6.31. The molecule has 0 spiro atoms. The van der Waals surface area contributed by atoms with Gasteiger partial charge in [-0.3, -0.25) is 0 Å². The minimum absolute atomic E-state index is 0.0802. The third kappa shape index (κ3) is 3.90. The van der Waals surface area contributed by atoms with E-state index in [1.165, 1.54) is 31.4 Å². The zero-order valence-corrected chi connectivity index (χ0v) is 14.5. The summed E-state index contributed by atoms with van der Waals surface area (Å²) < 4.78 is 56.1. The summed E-state index contributed by atoms with van der Waals surface area (Å²) in [7, 11) is -7.19. The van der Waals surface area contributed by atoms with E-state index in [1.807, 2.05) is 0 Å². The van der Waals surface area contributed by atoms with E-state index in [0.29, 0.717) is 0 Å². The maximum Gasteiger partial charge on any atom is 0.257 e. The number of nitrogens with one attached hydrogen (secondary N) is 1. The summed E-state index contributed by atoms with van der Waals surface area (Å²) in [6, 6.07) is 10.3. The van der Waals surface area contributed by atoms with Crippen LogP contribution in [-0.4, -0.2) is 23.9 Å². The molecular formula is C15H17NO5S2. The minimum Gasteiger partial charge on any atom is -0.495 e. The molecule has 2 aromatic rings. The van der Waals surface area contributed by atoms with Crippen molar-refractivity contribution in [3.8, 4) is 5.75 Å². The molecule has 0 amide bonds. The van der Waals surface area contributed by atoms with Gasteiger partial charge in [-0.15, -0.1) is 4.13 Å². The van der Waals surface area contributed by atoms with Crippen molar-refractivity contribution < 1.29 is 21.6 Å². The highest BCUT2D eigenvalue weighted by Crippen LogP contribution is 2.25. The van der Waals surface area contributed by atoms with Gasteiger partial charge in [0.05, 0.1) is 12.0 Å². The van der Waals surface area contributed by atoms with Gasteiger partial charge in [-0.25, -0.2) is 16.8 Å². The summed E-state index contributed by atoms with van der Waals surface area (Å²) in [5.41, 5.74) is 1.66. The number of rotatable bonds is 5. The van der Waals surface area contributed by atoms with Crippen LogP contribution in [0.15, 0.2) is 52.3 Å². The highest BCUT2D eigenvalue weighted by Gasteiger charge is 2.27. The lowest BCUT2D eigenvalue weighted by atomic mass is 10.2. The molecule has 8 heteroatoms. The quantitative estimate of drug-likeness (QED) is 0.886. The molecule has 0 bridgehead atoms. The normalized spacial score (nSPS) is 12.1. The number of hydrogen-bond donors (Lipinski definition) is 1. The van der Waals surface area contributed by atoms with Gasteiger partial charge in [0.25, 0.3) is 20.0 Å². The molecule has 0 saturated heterocycles. The van der Waals surface area contributed by atoms with Crippen LogP contribution in [0.4, 0.5) is 0 Å². The number of benzene rings is 2. The summed E-state index contributed by atoms with van der Waals surface area (Å²) >= 11 is 0. The Hall–Kier alpha value is -1.90. The van der Waals surface area contributed by atoms with Crippen molar-refractivity contribution in [1.82, 2.24) is 4.13 Å². The molecule has 0 heterocycles. The second-order valence-electron chi connectivity index (χ2n) is 5.06. The van der Waals surface area contributed by atoms with E-state index < -0.39 is 20.0 Å². The van der Waals surface area contributed by atoms with E-state index in [-0.39, 0.29) is 15.5 Å². The number of ether oxygens (including phenoxy) is 1. The molecular weight excluding hydrogens is 338 g/mol. The van der Waals surface area contributed by atoms with Crippen LogP contribution < -0.4 is 8.86 Å². The number of methoxy groups -OCH3 is 1. The van der Waals surface area contributed by atoms with E-state index >= 15 is 0 Å². The van der Waals surface area contributed by atoms with E-state index in [0.717, 1.165) is 11.1 Å². The molecule has 0 aliphatic rings. The lowest BCUT2D eigenvalue weighted by Gasteiger charge is -2.12. The van der Waals surface area contributed by atoms with Crippen LogP contribution in [0.3, 0.4) is 0 Å². The van der Waals surface area contributed by atoms with Crippen molar-refractivity contribution in [3.63, 3.8) is 0 Å². The lowest BCUT2D eigenvalue weighted by molar-refractivity contribution is 0.402. The van der Waals surface area contributed by atoms with Crippen LogP contribution in [0, 0.1) is 13.8 Å². The summed E-state index contributed by atoms with van der Waals surface area (Å²) in [4.78, 5) is -0.362. The van der Waals surface area contributed by atoms with E-state index in [4.69, 9.17) is 4.74 Å². The second-order valence-corrected chi connectivity index (χ2v) is 8.65. The SMILES string of the molecule is COc1cc(C)ccc1S(=O)(=O)NS(=O)(=O)c1ccc(C)cc1.